The van der Waals surface area contributed by atoms with Crippen molar-refractivity contribution in [3.8, 4) is 0 Å². The van der Waals surface area contributed by atoms with Gasteiger partial charge in [-0.25, -0.2) is 0 Å². The first-order valence-electron chi connectivity index (χ1n) is 4.22. The minimum atomic E-state index is -0.917. The lowest BCUT2D eigenvalue weighted by atomic mass is 9.96. The van der Waals surface area contributed by atoms with Crippen LogP contribution < -0.4 is 0 Å². The van der Waals surface area contributed by atoms with E-state index in [9.17, 15) is 9.59 Å². The van der Waals surface area contributed by atoms with Gasteiger partial charge in [-0.1, -0.05) is 31.2 Å². The molecule has 0 heterocycles. The van der Waals surface area contributed by atoms with Crippen molar-refractivity contribution >= 4 is 11.8 Å². The van der Waals surface area contributed by atoms with Crippen LogP contribution in [0.3, 0.4) is 0 Å². The number of ketones is 1. The van der Waals surface area contributed by atoms with Crippen molar-refractivity contribution in [3.05, 3.63) is 24.3 Å². The molecule has 0 aliphatic heterocycles. The molecule has 0 saturated carbocycles. The third-order valence-electron chi connectivity index (χ3n) is 2.05. The smallest absolute Gasteiger partial charge is 0.306 e. The van der Waals surface area contributed by atoms with Crippen LogP contribution in [0.5, 0.6) is 0 Å². The SMILES string of the molecule is CC(CC(=O)C1C=CC=C1)C(=O)O. The third kappa shape index (κ3) is 2.54. The molecule has 1 atom stereocenters. The number of carbonyl (C=O) groups is 2. The molecule has 1 rings (SSSR count). The Morgan fingerprint density at radius 2 is 1.92 bits per heavy atom. The maximum Gasteiger partial charge on any atom is 0.306 e. The zero-order valence-electron chi connectivity index (χ0n) is 7.43. The quantitative estimate of drug-likeness (QED) is 0.711. The molecule has 0 aromatic rings. The monoisotopic (exact) mass is 180 g/mol. The molecule has 13 heavy (non-hydrogen) atoms. The molecule has 3 nitrogen and oxygen atoms in total. The first kappa shape index (κ1) is 9.71. The van der Waals surface area contributed by atoms with Gasteiger partial charge in [-0.05, 0) is 0 Å². The number of Topliss-reactive ketones (excluding diaryl/α,β-unsaturated/α-hetero) is 1. The van der Waals surface area contributed by atoms with E-state index in [1.54, 1.807) is 31.2 Å². The second-order valence-electron chi connectivity index (χ2n) is 3.21. The third-order valence-corrected chi connectivity index (χ3v) is 2.05. The Morgan fingerprint density at radius 1 is 1.38 bits per heavy atom. The Bertz CT molecular complexity index is 264. The molecule has 0 spiro atoms. The molecule has 0 saturated heterocycles. The van der Waals surface area contributed by atoms with Crippen LogP contribution in [0.1, 0.15) is 13.3 Å². The van der Waals surface area contributed by atoms with Crippen LogP contribution in [0.25, 0.3) is 0 Å². The van der Waals surface area contributed by atoms with E-state index in [4.69, 9.17) is 5.11 Å². The van der Waals surface area contributed by atoms with E-state index in [1.165, 1.54) is 0 Å². The summed E-state index contributed by atoms with van der Waals surface area (Å²) in [5, 5.41) is 8.59. The Kier molecular flexibility index (Phi) is 3.01. The number of carbonyl (C=O) groups excluding carboxylic acids is 1. The van der Waals surface area contributed by atoms with Crippen molar-refractivity contribution in [3.63, 3.8) is 0 Å². The van der Waals surface area contributed by atoms with Gasteiger partial charge >= 0.3 is 5.97 Å². The molecule has 1 aliphatic carbocycles. The Morgan fingerprint density at radius 3 is 2.38 bits per heavy atom. The number of carboxylic acid groups (broad SMARTS) is 1. The van der Waals surface area contributed by atoms with Crippen LogP contribution in [0.2, 0.25) is 0 Å². The first-order valence-corrected chi connectivity index (χ1v) is 4.22. The van der Waals surface area contributed by atoms with E-state index < -0.39 is 11.9 Å². The number of carboxylic acids is 1. The predicted octanol–water partition coefficient (Wildman–Crippen LogP) is 1.41. The Balaban J connectivity index is 2.45. The zero-order chi connectivity index (χ0) is 9.84. The van der Waals surface area contributed by atoms with Gasteiger partial charge in [-0.2, -0.15) is 0 Å². The second-order valence-corrected chi connectivity index (χ2v) is 3.21. The number of hydrogen-bond donors (Lipinski definition) is 1. The second kappa shape index (κ2) is 4.03. The van der Waals surface area contributed by atoms with Crippen LogP contribution in [-0.2, 0) is 9.59 Å². The normalized spacial score (nSPS) is 17.6. The summed E-state index contributed by atoms with van der Waals surface area (Å²) < 4.78 is 0. The fourth-order valence-corrected chi connectivity index (χ4v) is 1.17. The topological polar surface area (TPSA) is 54.4 Å². The molecule has 0 aromatic carbocycles. The molecule has 1 unspecified atom stereocenters. The van der Waals surface area contributed by atoms with Crippen LogP contribution >= 0.6 is 0 Å². The molecule has 3 heteroatoms. The van der Waals surface area contributed by atoms with Crippen molar-refractivity contribution in [2.24, 2.45) is 11.8 Å². The molecular formula is C10H12O3. The molecular weight excluding hydrogens is 168 g/mol. The molecule has 0 bridgehead atoms. The number of rotatable bonds is 4. The summed E-state index contributed by atoms with van der Waals surface area (Å²) in [6.45, 7) is 1.54. The highest BCUT2D eigenvalue weighted by molar-refractivity contribution is 5.88. The minimum absolute atomic E-state index is 0.0279. The van der Waals surface area contributed by atoms with Crippen molar-refractivity contribution in [1.29, 1.82) is 0 Å². The molecule has 0 aromatic heterocycles. The number of allylic oxidation sites excluding steroid dienone is 4. The van der Waals surface area contributed by atoms with Gasteiger partial charge in [0.1, 0.15) is 5.78 Å². The van der Waals surface area contributed by atoms with Gasteiger partial charge in [0.25, 0.3) is 0 Å². The minimum Gasteiger partial charge on any atom is -0.481 e. The fourth-order valence-electron chi connectivity index (χ4n) is 1.17. The molecule has 1 N–H and O–H groups in total. The highest BCUT2D eigenvalue weighted by Gasteiger charge is 2.20. The zero-order valence-corrected chi connectivity index (χ0v) is 7.43. The van der Waals surface area contributed by atoms with E-state index >= 15 is 0 Å². The summed E-state index contributed by atoms with van der Waals surface area (Å²) in [5.41, 5.74) is 0. The van der Waals surface area contributed by atoms with Gasteiger partial charge in [-0.15, -0.1) is 0 Å². The largest absolute Gasteiger partial charge is 0.481 e. The van der Waals surface area contributed by atoms with Gasteiger partial charge in [0.15, 0.2) is 0 Å². The van der Waals surface area contributed by atoms with Crippen molar-refractivity contribution < 1.29 is 14.7 Å². The van der Waals surface area contributed by atoms with Crippen LogP contribution in [0.4, 0.5) is 0 Å². The van der Waals surface area contributed by atoms with E-state index in [2.05, 4.69) is 0 Å². The van der Waals surface area contributed by atoms with Gasteiger partial charge in [0.05, 0.1) is 11.8 Å². The highest BCUT2D eigenvalue weighted by Crippen LogP contribution is 2.15. The van der Waals surface area contributed by atoms with Crippen LogP contribution in [-0.4, -0.2) is 16.9 Å². The van der Waals surface area contributed by atoms with Crippen molar-refractivity contribution in [2.45, 2.75) is 13.3 Å². The lowest BCUT2D eigenvalue weighted by Gasteiger charge is -2.07. The van der Waals surface area contributed by atoms with E-state index in [0.717, 1.165) is 0 Å². The first-order chi connectivity index (χ1) is 6.11. The van der Waals surface area contributed by atoms with Crippen LogP contribution in [0.15, 0.2) is 24.3 Å². The number of hydrogen-bond acceptors (Lipinski definition) is 2. The van der Waals surface area contributed by atoms with Gasteiger partial charge in [0.2, 0.25) is 0 Å². The molecule has 0 radical (unpaired) electrons. The maximum absolute atomic E-state index is 11.4. The Labute approximate surface area is 76.8 Å². The van der Waals surface area contributed by atoms with E-state index in [-0.39, 0.29) is 18.1 Å². The molecule has 1 aliphatic rings. The Hall–Kier alpha value is -1.38. The average molecular weight is 180 g/mol. The molecule has 0 amide bonds. The predicted molar refractivity (Wildman–Crippen MR) is 48.2 cm³/mol. The summed E-state index contributed by atoms with van der Waals surface area (Å²) in [7, 11) is 0. The summed E-state index contributed by atoms with van der Waals surface area (Å²) in [6.07, 6.45) is 7.25. The van der Waals surface area contributed by atoms with E-state index in [0.29, 0.717) is 0 Å². The fraction of sp³-hybridized carbons (Fsp3) is 0.400. The van der Waals surface area contributed by atoms with Crippen molar-refractivity contribution in [1.82, 2.24) is 0 Å². The standard InChI is InChI=1S/C10H12O3/c1-7(10(12)13)6-9(11)8-4-2-3-5-8/h2-5,7-8H,6H2,1H3,(H,12,13). The molecule has 70 valence electrons. The summed E-state index contributed by atoms with van der Waals surface area (Å²) in [6, 6.07) is 0. The summed E-state index contributed by atoms with van der Waals surface area (Å²) in [5.74, 6) is -1.74. The highest BCUT2D eigenvalue weighted by atomic mass is 16.4. The number of aliphatic carboxylic acids is 1. The van der Waals surface area contributed by atoms with Gasteiger partial charge in [0, 0.05) is 6.42 Å². The molecule has 0 fully saturated rings. The lowest BCUT2D eigenvalue weighted by Crippen LogP contribution is -2.18. The average Bonchev–Trinajstić information content (AvgIpc) is 2.55. The van der Waals surface area contributed by atoms with E-state index in [1.807, 2.05) is 0 Å². The summed E-state index contributed by atoms with van der Waals surface area (Å²) >= 11 is 0. The maximum atomic E-state index is 11.4. The lowest BCUT2D eigenvalue weighted by molar-refractivity contribution is -0.143. The van der Waals surface area contributed by atoms with Crippen LogP contribution in [0, 0.1) is 11.8 Å². The van der Waals surface area contributed by atoms with Gasteiger partial charge < -0.3 is 5.11 Å². The summed E-state index contributed by atoms with van der Waals surface area (Å²) in [4.78, 5) is 21.9. The van der Waals surface area contributed by atoms with Crippen molar-refractivity contribution in [2.75, 3.05) is 0 Å². The van der Waals surface area contributed by atoms with Gasteiger partial charge in [-0.3, -0.25) is 9.59 Å².